The molecule has 184 valence electrons. The van der Waals surface area contributed by atoms with Crippen molar-refractivity contribution in [2.75, 3.05) is 12.4 Å². The van der Waals surface area contributed by atoms with Gasteiger partial charge in [-0.05, 0) is 72.1 Å². The molecule has 0 radical (unpaired) electrons. The Labute approximate surface area is 206 Å². The highest BCUT2D eigenvalue weighted by atomic mass is 19.4. The van der Waals surface area contributed by atoms with Crippen LogP contribution in [0.4, 0.5) is 19.0 Å². The van der Waals surface area contributed by atoms with Crippen molar-refractivity contribution < 1.29 is 22.7 Å². The molecule has 0 fully saturated rings. The number of hydrogen-bond donors (Lipinski definition) is 2. The summed E-state index contributed by atoms with van der Waals surface area (Å²) in [6.45, 7) is 1.79. The molecule has 0 aliphatic carbocycles. The summed E-state index contributed by atoms with van der Waals surface area (Å²) in [5.74, 6) is 1.05. The monoisotopic (exact) mass is 492 g/mol. The van der Waals surface area contributed by atoms with Crippen LogP contribution in [0.5, 0.6) is 11.6 Å². The maximum atomic E-state index is 13.0. The van der Waals surface area contributed by atoms with Gasteiger partial charge in [-0.2, -0.15) is 13.2 Å². The van der Waals surface area contributed by atoms with Crippen molar-refractivity contribution in [1.82, 2.24) is 15.3 Å². The second-order valence-corrected chi connectivity index (χ2v) is 8.00. The van der Waals surface area contributed by atoms with Crippen molar-refractivity contribution in [3.8, 4) is 22.8 Å². The number of aryl methyl sites for hydroxylation is 1. The summed E-state index contributed by atoms with van der Waals surface area (Å²) in [5.41, 5.74) is 2.27. The Bertz CT molecular complexity index is 1390. The standard InChI is InChI=1S/C27H23F3N4O2/c1-17-8-9-20(25(35)34-16-18-5-3-6-21(13-18)27(28,29)30)14-23(17)36-26-22(7-4-11-33-26)19-10-12-32-24(15-19)31-2/h3-15H,16H2,1-2H3,(H,31,32)(H,34,35). The third kappa shape index (κ3) is 5.80. The summed E-state index contributed by atoms with van der Waals surface area (Å²) >= 11 is 0. The Balaban J connectivity index is 1.53. The summed E-state index contributed by atoms with van der Waals surface area (Å²) in [5, 5.41) is 5.66. The largest absolute Gasteiger partial charge is 0.438 e. The van der Waals surface area contributed by atoms with E-state index < -0.39 is 17.6 Å². The first-order valence-electron chi connectivity index (χ1n) is 11.1. The van der Waals surface area contributed by atoms with Crippen LogP contribution in [0.15, 0.2) is 79.1 Å². The fourth-order valence-electron chi connectivity index (χ4n) is 3.52. The predicted molar refractivity (Wildman–Crippen MR) is 131 cm³/mol. The number of nitrogens with one attached hydrogen (secondary N) is 2. The molecule has 0 unspecified atom stereocenters. The van der Waals surface area contributed by atoms with Gasteiger partial charge in [0.25, 0.3) is 5.91 Å². The molecule has 4 rings (SSSR count). The normalized spacial score (nSPS) is 11.1. The number of benzene rings is 2. The van der Waals surface area contributed by atoms with Crippen molar-refractivity contribution in [2.45, 2.75) is 19.6 Å². The number of halogens is 3. The van der Waals surface area contributed by atoms with E-state index in [1.54, 1.807) is 43.7 Å². The molecule has 0 atom stereocenters. The van der Waals surface area contributed by atoms with E-state index in [2.05, 4.69) is 20.6 Å². The SMILES string of the molecule is CNc1cc(-c2cccnc2Oc2cc(C(=O)NCc3cccc(C(F)(F)F)c3)ccc2C)ccn1. The van der Waals surface area contributed by atoms with Crippen LogP contribution in [0, 0.1) is 6.92 Å². The zero-order valence-electron chi connectivity index (χ0n) is 19.6. The third-order valence-corrected chi connectivity index (χ3v) is 5.46. The van der Waals surface area contributed by atoms with Gasteiger partial charge in [-0.15, -0.1) is 0 Å². The molecule has 0 saturated carbocycles. The van der Waals surface area contributed by atoms with Gasteiger partial charge in [-0.1, -0.05) is 18.2 Å². The van der Waals surface area contributed by atoms with Gasteiger partial charge >= 0.3 is 6.18 Å². The molecule has 0 bridgehead atoms. The number of rotatable bonds is 7. The molecule has 0 spiro atoms. The average Bonchev–Trinajstić information content (AvgIpc) is 2.88. The van der Waals surface area contributed by atoms with E-state index in [1.165, 1.54) is 12.1 Å². The van der Waals surface area contributed by atoms with Crippen LogP contribution in [0.3, 0.4) is 0 Å². The molecular formula is C27H23F3N4O2. The molecule has 2 N–H and O–H groups in total. The fraction of sp³-hybridized carbons (Fsp3) is 0.148. The van der Waals surface area contributed by atoms with E-state index in [9.17, 15) is 18.0 Å². The quantitative estimate of drug-likeness (QED) is 0.320. The Kier molecular flexibility index (Phi) is 7.19. The lowest BCUT2D eigenvalue weighted by Crippen LogP contribution is -2.23. The second kappa shape index (κ2) is 10.5. The first-order valence-corrected chi connectivity index (χ1v) is 11.1. The number of carbonyl (C=O) groups excluding carboxylic acids is 1. The van der Waals surface area contributed by atoms with E-state index in [1.807, 2.05) is 25.1 Å². The number of carbonyl (C=O) groups is 1. The predicted octanol–water partition coefficient (Wildman–Crippen LogP) is 6.23. The Morgan fingerprint density at radius 3 is 2.58 bits per heavy atom. The molecule has 2 aromatic carbocycles. The summed E-state index contributed by atoms with van der Waals surface area (Å²) < 4.78 is 45.0. The van der Waals surface area contributed by atoms with Crippen LogP contribution in [-0.2, 0) is 12.7 Å². The zero-order valence-corrected chi connectivity index (χ0v) is 19.6. The summed E-state index contributed by atoms with van der Waals surface area (Å²) in [4.78, 5) is 21.4. The average molecular weight is 493 g/mol. The van der Waals surface area contributed by atoms with Crippen LogP contribution in [-0.4, -0.2) is 22.9 Å². The first-order chi connectivity index (χ1) is 17.2. The summed E-state index contributed by atoms with van der Waals surface area (Å²) in [6.07, 6.45) is -1.16. The van der Waals surface area contributed by atoms with Crippen molar-refractivity contribution in [3.63, 3.8) is 0 Å². The van der Waals surface area contributed by atoms with Crippen molar-refractivity contribution in [1.29, 1.82) is 0 Å². The van der Waals surface area contributed by atoms with Gasteiger partial charge in [-0.25, -0.2) is 9.97 Å². The molecular weight excluding hydrogens is 469 g/mol. The van der Waals surface area contributed by atoms with Crippen LogP contribution in [0.1, 0.15) is 27.0 Å². The molecule has 1 amide bonds. The van der Waals surface area contributed by atoms with Gasteiger partial charge in [0.1, 0.15) is 11.6 Å². The number of hydrogen-bond acceptors (Lipinski definition) is 5. The van der Waals surface area contributed by atoms with Crippen molar-refractivity contribution in [3.05, 3.63) is 101 Å². The number of nitrogens with zero attached hydrogens (tertiary/aromatic N) is 2. The minimum Gasteiger partial charge on any atom is -0.438 e. The van der Waals surface area contributed by atoms with E-state index >= 15 is 0 Å². The summed E-state index contributed by atoms with van der Waals surface area (Å²) in [6, 6.07) is 17.2. The molecule has 9 heteroatoms. The first kappa shape index (κ1) is 24.7. The number of pyridine rings is 2. The molecule has 2 heterocycles. The van der Waals surface area contributed by atoms with E-state index in [0.29, 0.717) is 28.6 Å². The highest BCUT2D eigenvalue weighted by molar-refractivity contribution is 5.94. The second-order valence-electron chi connectivity index (χ2n) is 8.00. The van der Waals surface area contributed by atoms with Gasteiger partial charge in [-0.3, -0.25) is 4.79 Å². The smallest absolute Gasteiger partial charge is 0.416 e. The lowest BCUT2D eigenvalue weighted by molar-refractivity contribution is -0.137. The number of anilines is 1. The minimum atomic E-state index is -4.45. The van der Waals surface area contributed by atoms with E-state index in [-0.39, 0.29) is 6.54 Å². The van der Waals surface area contributed by atoms with Crippen LogP contribution in [0.2, 0.25) is 0 Å². The topological polar surface area (TPSA) is 76.1 Å². The van der Waals surface area contributed by atoms with Crippen LogP contribution in [0.25, 0.3) is 11.1 Å². The van der Waals surface area contributed by atoms with Crippen molar-refractivity contribution >= 4 is 11.7 Å². The highest BCUT2D eigenvalue weighted by Gasteiger charge is 2.30. The molecule has 0 aliphatic rings. The highest BCUT2D eigenvalue weighted by Crippen LogP contribution is 2.34. The van der Waals surface area contributed by atoms with Gasteiger partial charge in [0.15, 0.2) is 0 Å². The lowest BCUT2D eigenvalue weighted by Gasteiger charge is -2.14. The Morgan fingerprint density at radius 2 is 1.81 bits per heavy atom. The summed E-state index contributed by atoms with van der Waals surface area (Å²) in [7, 11) is 1.78. The molecule has 4 aromatic rings. The lowest BCUT2D eigenvalue weighted by atomic mass is 10.1. The Morgan fingerprint density at radius 1 is 0.972 bits per heavy atom. The maximum absolute atomic E-state index is 13.0. The number of alkyl halides is 3. The van der Waals surface area contributed by atoms with E-state index in [4.69, 9.17) is 4.74 Å². The molecule has 36 heavy (non-hydrogen) atoms. The van der Waals surface area contributed by atoms with Crippen LogP contribution >= 0.6 is 0 Å². The minimum absolute atomic E-state index is 0.0486. The van der Waals surface area contributed by atoms with Gasteiger partial charge in [0, 0.05) is 37.1 Å². The van der Waals surface area contributed by atoms with Gasteiger partial charge in [0.05, 0.1) is 5.56 Å². The number of ether oxygens (including phenoxy) is 1. The van der Waals surface area contributed by atoms with Gasteiger partial charge in [0.2, 0.25) is 5.88 Å². The van der Waals surface area contributed by atoms with Crippen LogP contribution < -0.4 is 15.4 Å². The fourth-order valence-corrected chi connectivity index (χ4v) is 3.52. The molecule has 6 nitrogen and oxygen atoms in total. The number of aromatic nitrogens is 2. The maximum Gasteiger partial charge on any atom is 0.416 e. The molecule has 0 aliphatic heterocycles. The molecule has 2 aromatic heterocycles. The third-order valence-electron chi connectivity index (χ3n) is 5.46. The van der Waals surface area contributed by atoms with E-state index in [0.717, 1.165) is 28.8 Å². The number of amides is 1. The zero-order chi connectivity index (χ0) is 25.7. The van der Waals surface area contributed by atoms with Crippen molar-refractivity contribution in [2.24, 2.45) is 0 Å². The Hall–Kier alpha value is -4.40. The van der Waals surface area contributed by atoms with Gasteiger partial charge < -0.3 is 15.4 Å². The molecule has 0 saturated heterocycles.